The minimum Gasteiger partial charge on any atom is -0.459 e. The van der Waals surface area contributed by atoms with E-state index in [1.54, 1.807) is 11.8 Å². The monoisotopic (exact) mass is 492 g/mol. The van der Waals surface area contributed by atoms with Gasteiger partial charge in [0.1, 0.15) is 18.9 Å². The molecule has 4 aromatic rings. The van der Waals surface area contributed by atoms with Gasteiger partial charge in [-0.05, 0) is 35.6 Å². The first-order valence-electron chi connectivity index (χ1n) is 11.3. The van der Waals surface area contributed by atoms with Gasteiger partial charge < -0.3 is 25.2 Å². The summed E-state index contributed by atoms with van der Waals surface area (Å²) in [6.07, 6.45) is 6.03. The van der Waals surface area contributed by atoms with Crippen LogP contribution in [0.2, 0.25) is 0 Å². The molecule has 4 N–H and O–H groups in total. The third-order valence-corrected chi connectivity index (χ3v) is 6.26. The molecule has 0 aliphatic heterocycles. The zero-order chi connectivity index (χ0) is 24.6. The highest BCUT2D eigenvalue weighted by molar-refractivity contribution is 7.98. The average Bonchev–Trinajstić information content (AvgIpc) is 3.54. The number of nitrogens with one attached hydrogen (secondary N) is 2. The molecule has 0 fully saturated rings. The van der Waals surface area contributed by atoms with Gasteiger partial charge >= 0.3 is 5.97 Å². The van der Waals surface area contributed by atoms with Crippen molar-refractivity contribution in [3.05, 3.63) is 89.8 Å². The Morgan fingerprint density at radius 2 is 1.94 bits per heavy atom. The number of nitrogens with zero attached hydrogens (tertiary/aromatic N) is 1. The van der Waals surface area contributed by atoms with E-state index in [0.29, 0.717) is 12.3 Å². The number of H-pyrrole nitrogens is 1. The average molecular weight is 493 g/mol. The van der Waals surface area contributed by atoms with Crippen LogP contribution in [0.4, 0.5) is 0 Å². The molecule has 1 amide bonds. The number of ether oxygens (including phenoxy) is 1. The van der Waals surface area contributed by atoms with E-state index in [0.717, 1.165) is 27.8 Å². The van der Waals surface area contributed by atoms with E-state index in [1.807, 2.05) is 67.0 Å². The maximum Gasteiger partial charge on any atom is 0.329 e. The zero-order valence-corrected chi connectivity index (χ0v) is 20.2. The number of carbonyl (C=O) groups is 2. The van der Waals surface area contributed by atoms with Gasteiger partial charge in [0, 0.05) is 23.5 Å². The van der Waals surface area contributed by atoms with Crippen LogP contribution in [0, 0.1) is 0 Å². The smallest absolute Gasteiger partial charge is 0.329 e. The number of fused-ring (bicyclic) bond motifs is 1. The van der Waals surface area contributed by atoms with Crippen LogP contribution in [0.15, 0.2) is 71.5 Å². The van der Waals surface area contributed by atoms with Crippen molar-refractivity contribution in [1.82, 2.24) is 15.3 Å². The van der Waals surface area contributed by atoms with E-state index in [2.05, 4.69) is 15.3 Å². The Hall–Kier alpha value is -3.56. The van der Waals surface area contributed by atoms with Crippen molar-refractivity contribution in [2.24, 2.45) is 5.73 Å². The second-order valence-electron chi connectivity index (χ2n) is 8.14. The number of benzene rings is 2. The quantitative estimate of drug-likeness (QED) is 0.271. The minimum absolute atomic E-state index is 0.0689. The third-order valence-electron chi connectivity index (χ3n) is 5.62. The molecule has 0 aliphatic carbocycles. The van der Waals surface area contributed by atoms with Crippen molar-refractivity contribution in [1.29, 1.82) is 0 Å². The number of para-hydroxylation sites is 1. The lowest BCUT2D eigenvalue weighted by molar-refractivity contribution is -0.147. The lowest BCUT2D eigenvalue weighted by Crippen LogP contribution is -2.43. The fourth-order valence-electron chi connectivity index (χ4n) is 3.71. The van der Waals surface area contributed by atoms with Crippen LogP contribution in [0.5, 0.6) is 0 Å². The number of carbonyl (C=O) groups excluding carboxylic acids is 2. The predicted octanol–water partition coefficient (Wildman–Crippen LogP) is 3.99. The SMILES string of the molecule is CSCCC(N)c1nc(C(=O)NC(Cc2c[nH]c3ccccc23)C(=O)OCc2ccccc2)co1. The number of thioether (sulfide) groups is 1. The van der Waals surface area contributed by atoms with Gasteiger partial charge in [-0.3, -0.25) is 4.79 Å². The van der Waals surface area contributed by atoms with Crippen LogP contribution in [0.1, 0.15) is 40.0 Å². The lowest BCUT2D eigenvalue weighted by Gasteiger charge is -2.17. The molecule has 35 heavy (non-hydrogen) atoms. The summed E-state index contributed by atoms with van der Waals surface area (Å²) in [6.45, 7) is 0.109. The topological polar surface area (TPSA) is 123 Å². The highest BCUT2D eigenvalue weighted by Crippen LogP contribution is 2.20. The standard InChI is InChI=1S/C26H28N4O4S/c1-35-12-11-20(27)25-30-23(16-33-25)24(31)29-22(26(32)34-15-17-7-3-2-4-8-17)13-18-14-28-21-10-6-5-9-19(18)21/h2-10,14,16,20,22,28H,11-13,15,27H2,1H3,(H,29,31). The molecule has 0 aliphatic rings. The summed E-state index contributed by atoms with van der Waals surface area (Å²) in [7, 11) is 0. The third kappa shape index (κ3) is 6.32. The van der Waals surface area contributed by atoms with E-state index >= 15 is 0 Å². The number of amides is 1. The van der Waals surface area contributed by atoms with Gasteiger partial charge in [-0.2, -0.15) is 11.8 Å². The van der Waals surface area contributed by atoms with Crippen molar-refractivity contribution < 1.29 is 18.7 Å². The number of esters is 1. The molecule has 0 saturated heterocycles. The lowest BCUT2D eigenvalue weighted by atomic mass is 10.0. The Labute approximate surface area is 207 Å². The molecule has 2 aromatic carbocycles. The Morgan fingerprint density at radius 1 is 1.17 bits per heavy atom. The number of aromatic nitrogens is 2. The highest BCUT2D eigenvalue weighted by atomic mass is 32.2. The number of rotatable bonds is 11. The number of aromatic amines is 1. The largest absolute Gasteiger partial charge is 0.459 e. The molecule has 0 radical (unpaired) electrons. The Morgan fingerprint density at radius 3 is 2.74 bits per heavy atom. The van der Waals surface area contributed by atoms with E-state index in [9.17, 15) is 9.59 Å². The zero-order valence-electron chi connectivity index (χ0n) is 19.4. The summed E-state index contributed by atoms with van der Waals surface area (Å²) >= 11 is 1.67. The van der Waals surface area contributed by atoms with Crippen molar-refractivity contribution in [3.63, 3.8) is 0 Å². The maximum atomic E-state index is 13.1. The summed E-state index contributed by atoms with van der Waals surface area (Å²) in [5, 5.41) is 3.75. The van der Waals surface area contributed by atoms with Gasteiger partial charge in [0.05, 0.1) is 6.04 Å². The maximum absolute atomic E-state index is 13.1. The van der Waals surface area contributed by atoms with Gasteiger partial charge in [0.25, 0.3) is 5.91 Å². The second kappa shape index (κ2) is 11.7. The first-order chi connectivity index (χ1) is 17.0. The molecule has 0 saturated carbocycles. The first kappa shape index (κ1) is 24.6. The highest BCUT2D eigenvalue weighted by Gasteiger charge is 2.26. The minimum atomic E-state index is -0.921. The van der Waals surface area contributed by atoms with Crippen LogP contribution < -0.4 is 11.1 Å². The van der Waals surface area contributed by atoms with E-state index in [4.69, 9.17) is 14.9 Å². The van der Waals surface area contributed by atoms with Gasteiger partial charge in [0.15, 0.2) is 5.69 Å². The van der Waals surface area contributed by atoms with Crippen LogP contribution >= 0.6 is 11.8 Å². The molecule has 4 rings (SSSR count). The van der Waals surface area contributed by atoms with E-state index in [1.165, 1.54) is 6.26 Å². The van der Waals surface area contributed by atoms with Crippen molar-refractivity contribution in [2.45, 2.75) is 31.5 Å². The molecular weight excluding hydrogens is 464 g/mol. The second-order valence-corrected chi connectivity index (χ2v) is 9.13. The van der Waals surface area contributed by atoms with Crippen LogP contribution in [-0.4, -0.2) is 39.9 Å². The summed E-state index contributed by atoms with van der Waals surface area (Å²) in [4.78, 5) is 33.5. The fourth-order valence-corrected chi connectivity index (χ4v) is 4.20. The van der Waals surface area contributed by atoms with Crippen molar-refractivity contribution in [2.75, 3.05) is 12.0 Å². The molecule has 0 spiro atoms. The Bertz CT molecular complexity index is 1270. The fraction of sp³-hybridized carbons (Fsp3) is 0.269. The number of hydrogen-bond acceptors (Lipinski definition) is 7. The van der Waals surface area contributed by atoms with Crippen molar-refractivity contribution in [3.8, 4) is 0 Å². The molecule has 2 atom stereocenters. The molecule has 0 bridgehead atoms. The normalized spacial score (nSPS) is 12.9. The molecule has 182 valence electrons. The molecule has 2 aromatic heterocycles. The van der Waals surface area contributed by atoms with Gasteiger partial charge in [0.2, 0.25) is 5.89 Å². The summed E-state index contributed by atoms with van der Waals surface area (Å²) in [6, 6.07) is 15.9. The van der Waals surface area contributed by atoms with Gasteiger partial charge in [-0.1, -0.05) is 48.5 Å². The van der Waals surface area contributed by atoms with Crippen LogP contribution in [0.25, 0.3) is 10.9 Å². The van der Waals surface area contributed by atoms with Crippen molar-refractivity contribution >= 4 is 34.5 Å². The number of hydrogen-bond donors (Lipinski definition) is 3. The first-order valence-corrected chi connectivity index (χ1v) is 12.7. The van der Waals surface area contributed by atoms with Gasteiger partial charge in [-0.25, -0.2) is 9.78 Å². The van der Waals surface area contributed by atoms with E-state index in [-0.39, 0.29) is 18.7 Å². The molecule has 2 unspecified atom stereocenters. The summed E-state index contributed by atoms with van der Waals surface area (Å²) < 4.78 is 11.0. The summed E-state index contributed by atoms with van der Waals surface area (Å²) in [5.74, 6) is 0.0841. The van der Waals surface area contributed by atoms with Crippen LogP contribution in [0.3, 0.4) is 0 Å². The predicted molar refractivity (Wildman–Crippen MR) is 136 cm³/mol. The molecular formula is C26H28N4O4S. The molecule has 2 heterocycles. The number of nitrogens with two attached hydrogens (primary N) is 1. The van der Waals surface area contributed by atoms with E-state index < -0.39 is 24.0 Å². The summed E-state index contributed by atoms with van der Waals surface area (Å²) in [5.41, 5.74) is 8.87. The van der Waals surface area contributed by atoms with Gasteiger partial charge in [-0.15, -0.1) is 0 Å². The molecule has 9 heteroatoms. The Kier molecular flexibility index (Phi) is 8.23. The Balaban J connectivity index is 1.50. The van der Waals surface area contributed by atoms with Crippen LogP contribution in [-0.2, 0) is 22.6 Å². The number of oxazole rings is 1. The molecule has 8 nitrogen and oxygen atoms in total.